The van der Waals surface area contributed by atoms with Crippen molar-refractivity contribution in [3.8, 4) is 16.9 Å². The highest BCUT2D eigenvalue weighted by molar-refractivity contribution is 6.07. The van der Waals surface area contributed by atoms with Crippen LogP contribution in [0.2, 0.25) is 0 Å². The summed E-state index contributed by atoms with van der Waals surface area (Å²) in [6.07, 6.45) is 4.91. The summed E-state index contributed by atoms with van der Waals surface area (Å²) in [7, 11) is 0. The van der Waals surface area contributed by atoms with Crippen molar-refractivity contribution in [1.82, 2.24) is 5.32 Å². The predicted molar refractivity (Wildman–Crippen MR) is 145 cm³/mol. The van der Waals surface area contributed by atoms with Crippen molar-refractivity contribution < 1.29 is 14.3 Å². The Bertz CT molecular complexity index is 1210. The number of ether oxygens (including phenoxy) is 2. The molecule has 0 aliphatic carbocycles. The van der Waals surface area contributed by atoms with Crippen LogP contribution < -0.4 is 15.4 Å². The fourth-order valence-electron chi connectivity index (χ4n) is 4.73. The van der Waals surface area contributed by atoms with Crippen LogP contribution in [-0.4, -0.2) is 32.3 Å². The van der Waals surface area contributed by atoms with E-state index < -0.39 is 0 Å². The summed E-state index contributed by atoms with van der Waals surface area (Å²) in [6, 6.07) is 22.7. The molecule has 2 N–H and O–H groups in total. The number of anilines is 1. The average molecular weight is 483 g/mol. The molecule has 0 aromatic heterocycles. The molecule has 1 fully saturated rings. The first-order valence-electron chi connectivity index (χ1n) is 12.9. The van der Waals surface area contributed by atoms with Gasteiger partial charge in [-0.3, -0.25) is 4.79 Å². The van der Waals surface area contributed by atoms with Gasteiger partial charge in [-0.15, -0.1) is 0 Å². The molecule has 2 heterocycles. The minimum Gasteiger partial charge on any atom is -0.493 e. The first kappa shape index (κ1) is 24.3. The number of hydrogen-bond donors (Lipinski definition) is 2. The van der Waals surface area contributed by atoms with E-state index >= 15 is 0 Å². The molecule has 1 atom stereocenters. The van der Waals surface area contributed by atoms with Gasteiger partial charge in [0.15, 0.2) is 0 Å². The molecule has 2 aliphatic rings. The zero-order valence-electron chi connectivity index (χ0n) is 20.9. The summed E-state index contributed by atoms with van der Waals surface area (Å²) in [4.78, 5) is 13.1. The Kier molecular flexibility index (Phi) is 7.79. The molecule has 0 radical (unpaired) electrons. The van der Waals surface area contributed by atoms with Gasteiger partial charge in [-0.05, 0) is 72.7 Å². The maximum absolute atomic E-state index is 13.1. The third-order valence-corrected chi connectivity index (χ3v) is 6.87. The van der Waals surface area contributed by atoms with Gasteiger partial charge in [-0.2, -0.15) is 0 Å². The molecule has 5 rings (SSSR count). The maximum Gasteiger partial charge on any atom is 0.251 e. The average Bonchev–Trinajstić information content (AvgIpc) is 3.13. The molecule has 1 unspecified atom stereocenters. The van der Waals surface area contributed by atoms with Gasteiger partial charge >= 0.3 is 0 Å². The summed E-state index contributed by atoms with van der Waals surface area (Å²) in [5, 5.41) is 6.59. The van der Waals surface area contributed by atoms with Crippen molar-refractivity contribution in [2.45, 2.75) is 32.7 Å². The lowest BCUT2D eigenvalue weighted by Gasteiger charge is -2.22. The summed E-state index contributed by atoms with van der Waals surface area (Å²) in [5.74, 6) is 1.33. The topological polar surface area (TPSA) is 59.6 Å². The van der Waals surface area contributed by atoms with Gasteiger partial charge in [-0.1, -0.05) is 48.0 Å². The number of carbonyl (C=O) groups excluding carboxylic acids is 1. The summed E-state index contributed by atoms with van der Waals surface area (Å²) < 4.78 is 11.5. The van der Waals surface area contributed by atoms with E-state index in [0.29, 0.717) is 18.9 Å². The molecule has 5 heteroatoms. The quantitative estimate of drug-likeness (QED) is 0.435. The normalized spacial score (nSPS) is 17.4. The minimum absolute atomic E-state index is 0.0876. The van der Waals surface area contributed by atoms with Crippen LogP contribution in [0.4, 0.5) is 5.69 Å². The summed E-state index contributed by atoms with van der Waals surface area (Å²) in [6.45, 7) is 6.10. The lowest BCUT2D eigenvalue weighted by molar-refractivity contribution is -0.113. The Hall–Kier alpha value is -3.41. The highest BCUT2D eigenvalue weighted by Crippen LogP contribution is 2.31. The van der Waals surface area contributed by atoms with Gasteiger partial charge in [0, 0.05) is 42.9 Å². The van der Waals surface area contributed by atoms with Crippen molar-refractivity contribution in [3.05, 3.63) is 89.0 Å². The molecule has 0 saturated carbocycles. The molecule has 186 valence electrons. The highest BCUT2D eigenvalue weighted by Gasteiger charge is 2.17. The summed E-state index contributed by atoms with van der Waals surface area (Å²) >= 11 is 0. The van der Waals surface area contributed by atoms with E-state index in [9.17, 15) is 4.79 Å². The zero-order valence-corrected chi connectivity index (χ0v) is 20.9. The summed E-state index contributed by atoms with van der Waals surface area (Å²) in [5.41, 5.74) is 7.13. The highest BCUT2D eigenvalue weighted by atomic mass is 16.5. The molecule has 2 aliphatic heterocycles. The van der Waals surface area contributed by atoms with Crippen molar-refractivity contribution in [2.24, 2.45) is 5.92 Å². The lowest BCUT2D eigenvalue weighted by Crippen LogP contribution is -2.28. The van der Waals surface area contributed by atoms with Gasteiger partial charge in [0.05, 0.1) is 13.2 Å². The van der Waals surface area contributed by atoms with Gasteiger partial charge in [-0.25, -0.2) is 0 Å². The second-order valence-corrected chi connectivity index (χ2v) is 9.75. The second kappa shape index (κ2) is 11.5. The third kappa shape index (κ3) is 6.23. The third-order valence-electron chi connectivity index (χ3n) is 6.87. The number of carbonyl (C=O) groups is 1. The van der Waals surface area contributed by atoms with Crippen molar-refractivity contribution in [2.75, 3.05) is 31.7 Å². The maximum atomic E-state index is 13.1. The van der Waals surface area contributed by atoms with Gasteiger partial charge < -0.3 is 20.1 Å². The van der Waals surface area contributed by atoms with E-state index in [-0.39, 0.29) is 5.91 Å². The van der Waals surface area contributed by atoms with Gasteiger partial charge in [0.1, 0.15) is 5.75 Å². The van der Waals surface area contributed by atoms with Crippen LogP contribution in [0.3, 0.4) is 0 Å². The number of fused-ring (bicyclic) bond motifs is 1. The standard InChI is InChI=1S/C31H34N2O3/c1-22-4-8-25(9-5-22)26-10-13-30-28(17-26)18-27(14-16-36-30)31(34)33-29-11-6-23(7-12-29)19-32-20-24-3-2-15-35-21-24/h4-13,17-18,24,32H,2-3,14-16,19-21H2,1H3,(H,33,34). The SMILES string of the molecule is Cc1ccc(-c2ccc3c(c2)C=C(C(=O)Nc2ccc(CNCC4CCCOC4)cc2)CCO3)cc1. The van der Waals surface area contributed by atoms with Gasteiger partial charge in [0.25, 0.3) is 5.91 Å². The Balaban J connectivity index is 1.22. The Labute approximate surface area is 213 Å². The van der Waals surface area contributed by atoms with E-state index in [1.165, 1.54) is 17.5 Å². The number of rotatable bonds is 7. The van der Waals surface area contributed by atoms with Crippen molar-refractivity contribution in [1.29, 1.82) is 0 Å². The zero-order chi connectivity index (χ0) is 24.7. The van der Waals surface area contributed by atoms with E-state index in [1.54, 1.807) is 0 Å². The molecule has 1 amide bonds. The van der Waals surface area contributed by atoms with Crippen LogP contribution >= 0.6 is 0 Å². The van der Waals surface area contributed by atoms with Gasteiger partial charge in [0.2, 0.25) is 0 Å². The van der Waals surface area contributed by atoms with E-state index in [1.807, 2.05) is 24.3 Å². The first-order valence-corrected chi connectivity index (χ1v) is 12.9. The van der Waals surface area contributed by atoms with Crippen molar-refractivity contribution >= 4 is 17.7 Å². The van der Waals surface area contributed by atoms with E-state index in [4.69, 9.17) is 9.47 Å². The molecule has 5 nitrogen and oxygen atoms in total. The Morgan fingerprint density at radius 1 is 0.972 bits per heavy atom. The van der Waals surface area contributed by atoms with Crippen molar-refractivity contribution in [3.63, 3.8) is 0 Å². The fraction of sp³-hybridized carbons (Fsp3) is 0.323. The van der Waals surface area contributed by atoms with Crippen LogP contribution in [0.1, 0.15) is 36.0 Å². The van der Waals surface area contributed by atoms with Crippen LogP contribution in [0.15, 0.2) is 72.3 Å². The fourth-order valence-corrected chi connectivity index (χ4v) is 4.73. The number of amides is 1. The van der Waals surface area contributed by atoms with Crippen LogP contribution in [0.5, 0.6) is 5.75 Å². The van der Waals surface area contributed by atoms with Crippen LogP contribution in [-0.2, 0) is 16.1 Å². The van der Waals surface area contributed by atoms with E-state index in [2.05, 4.69) is 66.1 Å². The second-order valence-electron chi connectivity index (χ2n) is 9.75. The Morgan fingerprint density at radius 2 is 1.78 bits per heavy atom. The number of aryl methyl sites for hydroxylation is 1. The molecule has 36 heavy (non-hydrogen) atoms. The predicted octanol–water partition coefficient (Wildman–Crippen LogP) is 5.98. The smallest absolute Gasteiger partial charge is 0.251 e. The van der Waals surface area contributed by atoms with Crippen LogP contribution in [0.25, 0.3) is 17.2 Å². The molecule has 1 saturated heterocycles. The van der Waals surface area contributed by atoms with E-state index in [0.717, 1.165) is 66.4 Å². The monoisotopic (exact) mass is 482 g/mol. The van der Waals surface area contributed by atoms with Crippen LogP contribution in [0, 0.1) is 12.8 Å². The number of hydrogen-bond acceptors (Lipinski definition) is 4. The minimum atomic E-state index is -0.0876. The first-order chi connectivity index (χ1) is 17.6. The largest absolute Gasteiger partial charge is 0.493 e. The molecule has 0 bridgehead atoms. The number of nitrogens with one attached hydrogen (secondary N) is 2. The molecule has 0 spiro atoms. The Morgan fingerprint density at radius 3 is 2.56 bits per heavy atom. The molecular formula is C31H34N2O3. The lowest BCUT2D eigenvalue weighted by atomic mass is 10.00. The number of benzene rings is 3. The molecule has 3 aromatic rings. The molecular weight excluding hydrogens is 448 g/mol. The molecule has 3 aromatic carbocycles.